The molecule has 0 aliphatic heterocycles. The molecule has 0 aromatic heterocycles. The summed E-state index contributed by atoms with van der Waals surface area (Å²) in [7, 11) is 0. The highest BCUT2D eigenvalue weighted by molar-refractivity contribution is 5.46. The molecule has 0 spiro atoms. The number of hydrogen-bond acceptors (Lipinski definition) is 3. The largest absolute Gasteiger partial charge is 0.398 e. The molecule has 1 aromatic carbocycles. The van der Waals surface area contributed by atoms with E-state index in [0.29, 0.717) is 12.5 Å². The molecule has 1 aliphatic carbocycles. The molecule has 0 heterocycles. The van der Waals surface area contributed by atoms with Crippen molar-refractivity contribution in [1.82, 2.24) is 5.32 Å². The molecule has 3 nitrogen and oxygen atoms in total. The molecule has 0 saturated heterocycles. The number of para-hydroxylation sites is 1. The van der Waals surface area contributed by atoms with E-state index in [1.54, 1.807) is 0 Å². The molecule has 2 rings (SSSR count). The number of anilines is 1. The molecule has 1 fully saturated rings. The molecule has 18 heavy (non-hydrogen) atoms. The van der Waals surface area contributed by atoms with E-state index in [1.807, 2.05) is 24.3 Å². The van der Waals surface area contributed by atoms with Crippen molar-refractivity contribution in [2.24, 2.45) is 11.8 Å². The van der Waals surface area contributed by atoms with E-state index in [4.69, 9.17) is 11.0 Å². The highest BCUT2D eigenvalue weighted by Crippen LogP contribution is 2.34. The first-order chi connectivity index (χ1) is 8.72. The average Bonchev–Trinajstić information content (AvgIpc) is 2.86. The Kier molecular flexibility index (Phi) is 3.88. The molecule has 1 saturated carbocycles. The molecule has 2 atom stereocenters. The summed E-state index contributed by atoms with van der Waals surface area (Å²) >= 11 is 0. The smallest absolute Gasteiger partial charge is 0.0662 e. The number of rotatable bonds is 4. The Morgan fingerprint density at radius 1 is 1.44 bits per heavy atom. The minimum absolute atomic E-state index is 0.123. The number of nitrogens with zero attached hydrogens (tertiary/aromatic N) is 1. The Balaban J connectivity index is 1.93. The number of benzene rings is 1. The SMILES string of the molecule is C=C(NCc1ccccc1N)C1CCCC1C#N. The Hall–Kier alpha value is -1.95. The summed E-state index contributed by atoms with van der Waals surface area (Å²) in [6.45, 7) is 4.76. The van der Waals surface area contributed by atoms with Gasteiger partial charge in [0.15, 0.2) is 0 Å². The van der Waals surface area contributed by atoms with Crippen molar-refractivity contribution >= 4 is 5.69 Å². The van der Waals surface area contributed by atoms with Gasteiger partial charge in [-0.05, 0) is 24.5 Å². The first-order valence-electron chi connectivity index (χ1n) is 6.38. The van der Waals surface area contributed by atoms with Crippen LogP contribution < -0.4 is 11.1 Å². The van der Waals surface area contributed by atoms with E-state index in [9.17, 15) is 0 Å². The number of nitrogen functional groups attached to an aromatic ring is 1. The van der Waals surface area contributed by atoms with Crippen molar-refractivity contribution in [3.63, 3.8) is 0 Å². The van der Waals surface area contributed by atoms with Crippen molar-refractivity contribution in [1.29, 1.82) is 5.26 Å². The van der Waals surface area contributed by atoms with Gasteiger partial charge in [-0.1, -0.05) is 31.2 Å². The third-order valence-corrected chi connectivity index (χ3v) is 3.69. The molecule has 2 unspecified atom stereocenters. The van der Waals surface area contributed by atoms with Crippen LogP contribution in [-0.2, 0) is 6.54 Å². The van der Waals surface area contributed by atoms with Gasteiger partial charge < -0.3 is 11.1 Å². The van der Waals surface area contributed by atoms with Gasteiger partial charge in [-0.15, -0.1) is 0 Å². The molecular formula is C15H19N3. The summed E-state index contributed by atoms with van der Waals surface area (Å²) in [6, 6.07) is 10.2. The van der Waals surface area contributed by atoms with E-state index in [-0.39, 0.29) is 5.92 Å². The Morgan fingerprint density at radius 3 is 2.94 bits per heavy atom. The molecule has 3 heteroatoms. The molecular weight excluding hydrogens is 222 g/mol. The van der Waals surface area contributed by atoms with Gasteiger partial charge in [0.1, 0.15) is 0 Å². The molecule has 1 aromatic rings. The van der Waals surface area contributed by atoms with Crippen LogP contribution in [0, 0.1) is 23.2 Å². The molecule has 3 N–H and O–H groups in total. The lowest BCUT2D eigenvalue weighted by Crippen LogP contribution is -2.21. The van der Waals surface area contributed by atoms with Crippen LogP contribution in [0.4, 0.5) is 5.69 Å². The van der Waals surface area contributed by atoms with Gasteiger partial charge in [-0.3, -0.25) is 0 Å². The molecule has 1 aliphatic rings. The zero-order valence-electron chi connectivity index (χ0n) is 10.5. The maximum Gasteiger partial charge on any atom is 0.0662 e. The van der Waals surface area contributed by atoms with E-state index >= 15 is 0 Å². The van der Waals surface area contributed by atoms with E-state index in [2.05, 4.69) is 18.0 Å². The van der Waals surface area contributed by atoms with Gasteiger partial charge in [-0.25, -0.2) is 0 Å². The highest BCUT2D eigenvalue weighted by atomic mass is 14.9. The van der Waals surface area contributed by atoms with E-state index in [0.717, 1.165) is 36.2 Å². The van der Waals surface area contributed by atoms with E-state index < -0.39 is 0 Å². The second kappa shape index (κ2) is 5.59. The van der Waals surface area contributed by atoms with Crippen LogP contribution in [0.25, 0.3) is 0 Å². The number of nitrogens with two attached hydrogens (primary N) is 1. The number of nitriles is 1. The normalized spacial score (nSPS) is 22.4. The fourth-order valence-electron chi connectivity index (χ4n) is 2.57. The number of hydrogen-bond donors (Lipinski definition) is 2. The highest BCUT2D eigenvalue weighted by Gasteiger charge is 2.29. The summed E-state index contributed by atoms with van der Waals surface area (Å²) in [5.74, 6) is 0.415. The predicted molar refractivity (Wildman–Crippen MR) is 73.3 cm³/mol. The van der Waals surface area contributed by atoms with Crippen LogP contribution in [0.2, 0.25) is 0 Å². The fourth-order valence-corrected chi connectivity index (χ4v) is 2.57. The first kappa shape index (κ1) is 12.5. The lowest BCUT2D eigenvalue weighted by molar-refractivity contribution is 0.502. The van der Waals surface area contributed by atoms with Gasteiger partial charge in [0.05, 0.1) is 12.0 Å². The number of nitrogens with one attached hydrogen (secondary N) is 1. The van der Waals surface area contributed by atoms with Crippen LogP contribution in [0.3, 0.4) is 0 Å². The monoisotopic (exact) mass is 241 g/mol. The Bertz CT molecular complexity index is 473. The summed E-state index contributed by atoms with van der Waals surface area (Å²) in [4.78, 5) is 0. The predicted octanol–water partition coefficient (Wildman–Crippen LogP) is 2.81. The van der Waals surface area contributed by atoms with Crippen LogP contribution in [0.15, 0.2) is 36.5 Å². The topological polar surface area (TPSA) is 61.8 Å². The quantitative estimate of drug-likeness (QED) is 0.797. The van der Waals surface area contributed by atoms with Gasteiger partial charge in [0, 0.05) is 23.8 Å². The molecule has 94 valence electrons. The lowest BCUT2D eigenvalue weighted by Gasteiger charge is -2.19. The van der Waals surface area contributed by atoms with Gasteiger partial charge in [0.2, 0.25) is 0 Å². The minimum atomic E-state index is 0.123. The van der Waals surface area contributed by atoms with E-state index in [1.165, 1.54) is 0 Å². The van der Waals surface area contributed by atoms with Crippen molar-refractivity contribution in [3.05, 3.63) is 42.1 Å². The second-order valence-corrected chi connectivity index (χ2v) is 4.85. The van der Waals surface area contributed by atoms with Gasteiger partial charge >= 0.3 is 0 Å². The zero-order chi connectivity index (χ0) is 13.0. The molecule has 0 bridgehead atoms. The minimum Gasteiger partial charge on any atom is -0.398 e. The second-order valence-electron chi connectivity index (χ2n) is 4.85. The summed E-state index contributed by atoms with van der Waals surface area (Å²) < 4.78 is 0. The Morgan fingerprint density at radius 2 is 2.22 bits per heavy atom. The standard InChI is InChI=1S/C15H19N3/c1-11(14-7-4-6-12(14)9-16)18-10-13-5-2-3-8-15(13)17/h2-3,5,8,12,14,18H,1,4,6-7,10,17H2. The van der Waals surface area contributed by atoms with Crippen molar-refractivity contribution in [3.8, 4) is 6.07 Å². The van der Waals surface area contributed by atoms with Crippen LogP contribution >= 0.6 is 0 Å². The summed E-state index contributed by atoms with van der Waals surface area (Å²) in [6.07, 6.45) is 3.18. The maximum atomic E-state index is 9.08. The van der Waals surface area contributed by atoms with Crippen molar-refractivity contribution in [2.45, 2.75) is 25.8 Å². The van der Waals surface area contributed by atoms with Crippen LogP contribution in [0.5, 0.6) is 0 Å². The van der Waals surface area contributed by atoms with Crippen LogP contribution in [-0.4, -0.2) is 0 Å². The molecule has 0 amide bonds. The Labute approximate surface area is 108 Å². The maximum absolute atomic E-state index is 9.08. The third-order valence-electron chi connectivity index (χ3n) is 3.69. The summed E-state index contributed by atoms with van der Waals surface area (Å²) in [5.41, 5.74) is 8.73. The van der Waals surface area contributed by atoms with Crippen molar-refractivity contribution in [2.75, 3.05) is 5.73 Å². The molecule has 0 radical (unpaired) electrons. The van der Waals surface area contributed by atoms with Gasteiger partial charge in [0.25, 0.3) is 0 Å². The summed E-state index contributed by atoms with van der Waals surface area (Å²) in [5, 5.41) is 12.4. The third kappa shape index (κ3) is 2.65. The zero-order valence-corrected chi connectivity index (χ0v) is 10.5. The van der Waals surface area contributed by atoms with Crippen molar-refractivity contribution < 1.29 is 0 Å². The number of allylic oxidation sites excluding steroid dienone is 1. The van der Waals surface area contributed by atoms with Gasteiger partial charge in [-0.2, -0.15) is 5.26 Å². The first-order valence-corrected chi connectivity index (χ1v) is 6.38. The van der Waals surface area contributed by atoms with Crippen LogP contribution in [0.1, 0.15) is 24.8 Å². The fraction of sp³-hybridized carbons (Fsp3) is 0.400. The average molecular weight is 241 g/mol. The lowest BCUT2D eigenvalue weighted by atomic mass is 9.94.